The fourth-order valence-corrected chi connectivity index (χ4v) is 2.44. The topological polar surface area (TPSA) is 21.7 Å². The molecule has 0 aromatic heterocycles. The average Bonchev–Trinajstić information content (AvgIpc) is 2.21. The van der Waals surface area contributed by atoms with Crippen molar-refractivity contribution in [2.24, 2.45) is 0 Å². The summed E-state index contributed by atoms with van der Waals surface area (Å²) >= 11 is 1.99. The van der Waals surface area contributed by atoms with E-state index in [1.807, 2.05) is 11.8 Å². The van der Waals surface area contributed by atoms with Gasteiger partial charge < -0.3 is 9.47 Å². The summed E-state index contributed by atoms with van der Waals surface area (Å²) < 4.78 is 11.0. The molecule has 0 radical (unpaired) electrons. The van der Waals surface area contributed by atoms with Crippen LogP contribution in [0.1, 0.15) is 0 Å². The number of rotatable bonds is 1. The summed E-state index contributed by atoms with van der Waals surface area (Å²) in [4.78, 5) is 2.38. The van der Waals surface area contributed by atoms with Crippen molar-refractivity contribution >= 4 is 11.8 Å². The third-order valence-corrected chi connectivity index (χ3v) is 3.23. The minimum atomic E-state index is 0.354. The van der Waals surface area contributed by atoms with E-state index in [-0.39, 0.29) is 0 Å². The first-order valence-electron chi connectivity index (χ1n) is 4.48. The first-order valence-corrected chi connectivity index (χ1v) is 5.63. The number of thioether (sulfide) groups is 1. The highest BCUT2D eigenvalue weighted by Gasteiger charge is 2.23. The average molecular weight is 189 g/mol. The van der Waals surface area contributed by atoms with Crippen LogP contribution in [0.15, 0.2) is 0 Å². The van der Waals surface area contributed by atoms with Gasteiger partial charge in [-0.1, -0.05) is 0 Å². The lowest BCUT2D eigenvalue weighted by Crippen LogP contribution is -2.47. The SMILES string of the molecule is C1CN(C2CSCCO2)CCO1. The molecule has 2 fully saturated rings. The Bertz CT molecular complexity index is 117. The van der Waals surface area contributed by atoms with Crippen molar-refractivity contribution in [1.82, 2.24) is 4.90 Å². The molecule has 0 aromatic rings. The van der Waals surface area contributed by atoms with Gasteiger partial charge in [0.15, 0.2) is 0 Å². The van der Waals surface area contributed by atoms with Crippen molar-refractivity contribution in [2.75, 3.05) is 44.4 Å². The monoisotopic (exact) mass is 189 g/mol. The Hall–Kier alpha value is 0.230. The number of hydrogen-bond acceptors (Lipinski definition) is 4. The van der Waals surface area contributed by atoms with Gasteiger partial charge >= 0.3 is 0 Å². The lowest BCUT2D eigenvalue weighted by molar-refractivity contribution is -0.0828. The van der Waals surface area contributed by atoms with Crippen LogP contribution in [-0.4, -0.2) is 55.5 Å². The van der Waals surface area contributed by atoms with Gasteiger partial charge in [0.2, 0.25) is 0 Å². The van der Waals surface area contributed by atoms with Gasteiger partial charge in [-0.3, -0.25) is 4.90 Å². The summed E-state index contributed by atoms with van der Waals surface area (Å²) in [5.74, 6) is 2.28. The van der Waals surface area contributed by atoms with E-state index in [9.17, 15) is 0 Å². The molecule has 0 spiro atoms. The number of hydrogen-bond donors (Lipinski definition) is 0. The van der Waals surface area contributed by atoms with E-state index in [0.29, 0.717) is 6.23 Å². The van der Waals surface area contributed by atoms with Crippen LogP contribution in [0.25, 0.3) is 0 Å². The van der Waals surface area contributed by atoms with Crippen molar-refractivity contribution in [3.63, 3.8) is 0 Å². The second kappa shape index (κ2) is 4.46. The van der Waals surface area contributed by atoms with Gasteiger partial charge in [-0.2, -0.15) is 11.8 Å². The molecule has 2 rings (SSSR count). The summed E-state index contributed by atoms with van der Waals surface area (Å²) in [6, 6.07) is 0. The van der Waals surface area contributed by atoms with Crippen molar-refractivity contribution in [3.05, 3.63) is 0 Å². The normalized spacial score (nSPS) is 33.5. The fourth-order valence-electron chi connectivity index (χ4n) is 1.55. The molecule has 2 heterocycles. The molecule has 4 heteroatoms. The zero-order valence-electron chi connectivity index (χ0n) is 7.20. The van der Waals surface area contributed by atoms with Crippen molar-refractivity contribution < 1.29 is 9.47 Å². The van der Waals surface area contributed by atoms with Crippen LogP contribution < -0.4 is 0 Å². The second-order valence-corrected chi connectivity index (χ2v) is 4.20. The molecule has 2 saturated heterocycles. The minimum absolute atomic E-state index is 0.354. The molecular weight excluding hydrogens is 174 g/mol. The van der Waals surface area contributed by atoms with Crippen LogP contribution >= 0.6 is 11.8 Å². The Kier molecular flexibility index (Phi) is 3.28. The lowest BCUT2D eigenvalue weighted by atomic mass is 10.4. The van der Waals surface area contributed by atoms with Gasteiger partial charge in [0.05, 0.1) is 19.8 Å². The van der Waals surface area contributed by atoms with Crippen molar-refractivity contribution in [2.45, 2.75) is 6.23 Å². The van der Waals surface area contributed by atoms with Crippen LogP contribution in [0.5, 0.6) is 0 Å². The summed E-state index contributed by atoms with van der Waals surface area (Å²) in [7, 11) is 0. The maximum Gasteiger partial charge on any atom is 0.119 e. The van der Waals surface area contributed by atoms with E-state index in [1.54, 1.807) is 0 Å². The molecule has 0 saturated carbocycles. The molecule has 0 aliphatic carbocycles. The van der Waals surface area contributed by atoms with Crippen molar-refractivity contribution in [3.8, 4) is 0 Å². The van der Waals surface area contributed by atoms with Gasteiger partial charge in [-0.15, -0.1) is 0 Å². The lowest BCUT2D eigenvalue weighted by Gasteiger charge is -2.35. The highest BCUT2D eigenvalue weighted by molar-refractivity contribution is 7.99. The molecule has 2 aliphatic rings. The number of ether oxygens (including phenoxy) is 2. The molecule has 2 aliphatic heterocycles. The molecule has 0 aromatic carbocycles. The summed E-state index contributed by atoms with van der Waals surface area (Å²) in [5, 5.41) is 0. The van der Waals surface area contributed by atoms with Gasteiger partial charge in [0, 0.05) is 24.6 Å². The highest BCUT2D eigenvalue weighted by atomic mass is 32.2. The molecule has 0 bridgehead atoms. The quantitative estimate of drug-likeness (QED) is 0.595. The van der Waals surface area contributed by atoms with Gasteiger partial charge in [-0.05, 0) is 0 Å². The molecule has 0 N–H and O–H groups in total. The summed E-state index contributed by atoms with van der Waals surface area (Å²) in [6.07, 6.45) is 0.354. The third kappa shape index (κ3) is 2.13. The number of morpholine rings is 1. The van der Waals surface area contributed by atoms with Gasteiger partial charge in [-0.25, -0.2) is 0 Å². The minimum Gasteiger partial charge on any atom is -0.379 e. The first kappa shape index (κ1) is 8.81. The second-order valence-electron chi connectivity index (χ2n) is 3.05. The van der Waals surface area contributed by atoms with E-state index in [4.69, 9.17) is 9.47 Å². The van der Waals surface area contributed by atoms with Crippen LogP contribution in [0.2, 0.25) is 0 Å². The molecule has 70 valence electrons. The predicted octanol–water partition coefficient (Wildman–Crippen LogP) is 0.408. The Labute approximate surface area is 77.4 Å². The van der Waals surface area contributed by atoms with E-state index in [0.717, 1.165) is 44.4 Å². The maximum absolute atomic E-state index is 5.67. The number of nitrogens with zero attached hydrogens (tertiary/aromatic N) is 1. The van der Waals surface area contributed by atoms with Crippen LogP contribution in [0.4, 0.5) is 0 Å². The standard InChI is InChI=1S/C8H15NO2S/c1-3-10-4-2-9(1)8-7-12-6-5-11-8/h8H,1-7H2. The molecule has 0 amide bonds. The zero-order valence-corrected chi connectivity index (χ0v) is 8.02. The van der Waals surface area contributed by atoms with E-state index >= 15 is 0 Å². The molecule has 1 atom stereocenters. The molecule has 12 heavy (non-hydrogen) atoms. The molecule has 3 nitrogen and oxygen atoms in total. The Balaban J connectivity index is 1.80. The Morgan fingerprint density at radius 1 is 1.17 bits per heavy atom. The van der Waals surface area contributed by atoms with Gasteiger partial charge in [0.1, 0.15) is 6.23 Å². The van der Waals surface area contributed by atoms with E-state index in [2.05, 4.69) is 4.90 Å². The van der Waals surface area contributed by atoms with E-state index < -0.39 is 0 Å². The Morgan fingerprint density at radius 2 is 2.00 bits per heavy atom. The summed E-state index contributed by atoms with van der Waals surface area (Å²) in [6.45, 7) is 4.71. The fraction of sp³-hybridized carbons (Fsp3) is 1.00. The third-order valence-electron chi connectivity index (χ3n) is 2.25. The first-order chi connectivity index (χ1) is 5.97. The van der Waals surface area contributed by atoms with Crippen LogP contribution in [0, 0.1) is 0 Å². The molecular formula is C8H15NO2S. The van der Waals surface area contributed by atoms with Crippen LogP contribution in [-0.2, 0) is 9.47 Å². The van der Waals surface area contributed by atoms with Crippen LogP contribution in [0.3, 0.4) is 0 Å². The maximum atomic E-state index is 5.67. The van der Waals surface area contributed by atoms with E-state index in [1.165, 1.54) is 0 Å². The highest BCUT2D eigenvalue weighted by Crippen LogP contribution is 2.16. The Morgan fingerprint density at radius 3 is 2.67 bits per heavy atom. The largest absolute Gasteiger partial charge is 0.379 e. The molecule has 1 unspecified atom stereocenters. The summed E-state index contributed by atoms with van der Waals surface area (Å²) in [5.41, 5.74) is 0. The van der Waals surface area contributed by atoms with Gasteiger partial charge in [0.25, 0.3) is 0 Å². The zero-order chi connectivity index (χ0) is 8.23. The smallest absolute Gasteiger partial charge is 0.119 e. The van der Waals surface area contributed by atoms with Crippen molar-refractivity contribution in [1.29, 1.82) is 0 Å². The predicted molar refractivity (Wildman–Crippen MR) is 49.5 cm³/mol.